The van der Waals surface area contributed by atoms with Gasteiger partial charge in [0.25, 0.3) is 0 Å². The Balaban J connectivity index is 1.85. The molecule has 2 atom stereocenters. The normalized spacial score (nSPS) is 21.8. The van der Waals surface area contributed by atoms with E-state index in [9.17, 15) is 14.3 Å². The second-order valence-electron chi connectivity index (χ2n) is 9.68. The van der Waals surface area contributed by atoms with Crippen molar-refractivity contribution in [3.63, 3.8) is 0 Å². The van der Waals surface area contributed by atoms with Gasteiger partial charge in [-0.25, -0.2) is 4.98 Å². The molecule has 1 fully saturated rings. The van der Waals surface area contributed by atoms with Crippen LogP contribution in [0.5, 0.6) is 0 Å². The molecule has 0 amide bonds. The highest BCUT2D eigenvalue weighted by Crippen LogP contribution is 2.40. The van der Waals surface area contributed by atoms with Crippen molar-refractivity contribution in [2.75, 3.05) is 19.5 Å². The van der Waals surface area contributed by atoms with Crippen molar-refractivity contribution >= 4 is 23.0 Å². The summed E-state index contributed by atoms with van der Waals surface area (Å²) in [7, 11) is 1.33. The van der Waals surface area contributed by atoms with Gasteiger partial charge in [-0.2, -0.15) is 14.4 Å². The van der Waals surface area contributed by atoms with Gasteiger partial charge in [0.2, 0.25) is 0 Å². The number of aliphatic hydroxyl groups is 1. The van der Waals surface area contributed by atoms with Crippen LogP contribution in [-0.2, 0) is 20.8 Å². The van der Waals surface area contributed by atoms with Crippen molar-refractivity contribution in [1.82, 2.24) is 19.5 Å². The first kappa shape index (κ1) is 24.9. The summed E-state index contributed by atoms with van der Waals surface area (Å²) in [6.07, 6.45) is 8.25. The van der Waals surface area contributed by atoms with Gasteiger partial charge in [-0.15, -0.1) is 6.42 Å². The highest BCUT2D eigenvalue weighted by molar-refractivity contribution is 5.81. The number of carbonyl (C=O) groups is 1. The molecule has 0 aromatic carbocycles. The lowest BCUT2D eigenvalue weighted by molar-refractivity contribution is -0.174. The number of nitrogens with two attached hydrogens (primary N) is 1. The number of ether oxygens (including phenoxy) is 2. The average Bonchev–Trinajstić information content (AvgIpc) is 3.17. The third kappa shape index (κ3) is 5.09. The Bertz CT molecular complexity index is 1030. The van der Waals surface area contributed by atoms with Crippen LogP contribution < -0.4 is 5.73 Å². The number of aromatic nitrogens is 4. The predicted octanol–water partition coefficient (Wildman–Crippen LogP) is 2.32. The molecule has 0 saturated heterocycles. The van der Waals surface area contributed by atoms with Gasteiger partial charge >= 0.3 is 12.0 Å². The van der Waals surface area contributed by atoms with E-state index < -0.39 is 30.4 Å². The van der Waals surface area contributed by atoms with Gasteiger partial charge < -0.3 is 24.9 Å². The van der Waals surface area contributed by atoms with Crippen molar-refractivity contribution in [2.24, 2.45) is 17.3 Å². The predicted molar refractivity (Wildman–Crippen MR) is 120 cm³/mol. The number of aliphatic hydroxyl groups excluding tert-OH is 1. The molecule has 2 aromatic heterocycles. The molecule has 0 bridgehead atoms. The number of imidazole rings is 1. The number of terminal acetylenes is 1. The second kappa shape index (κ2) is 9.61. The largest absolute Gasteiger partial charge is 0.456 e. The first-order valence-electron chi connectivity index (χ1n) is 11.0. The molecule has 9 nitrogen and oxygen atoms in total. The Morgan fingerprint density at radius 3 is 2.58 bits per heavy atom. The summed E-state index contributed by atoms with van der Waals surface area (Å²) in [5, 5.41) is 10.0. The van der Waals surface area contributed by atoms with Gasteiger partial charge in [0.15, 0.2) is 23.2 Å². The van der Waals surface area contributed by atoms with Gasteiger partial charge in [-0.05, 0) is 37.0 Å². The Kier molecular flexibility index (Phi) is 7.24. The lowest BCUT2D eigenvalue weighted by Crippen LogP contribution is -2.51. The number of fused-ring (bicyclic) bond motifs is 1. The number of hydrogen-bond acceptors (Lipinski definition) is 8. The standard InChI is InChI=1S/C23H32FN5O4/c1-6-23(12-30,32-5)16(11-29-13-26-17-18(25)27-21(24)28-19(17)29)33-20(31)14-7-9-15(10-8-14)22(2,3)4/h1,13-16,30H,7-12H2,2-5H3,(H2,25,27,28)/t14-,15-,16-,23?/m0/s1. The molecular weight excluding hydrogens is 429 g/mol. The van der Waals surface area contributed by atoms with E-state index in [2.05, 4.69) is 41.6 Å². The van der Waals surface area contributed by atoms with Crippen molar-refractivity contribution in [1.29, 1.82) is 0 Å². The minimum absolute atomic E-state index is 0.0753. The zero-order chi connectivity index (χ0) is 24.4. The van der Waals surface area contributed by atoms with Crippen LogP contribution in [0.4, 0.5) is 10.2 Å². The number of nitrogens with zero attached hydrogens (tertiary/aromatic N) is 4. The molecule has 2 heterocycles. The number of rotatable bonds is 7. The van der Waals surface area contributed by atoms with Crippen molar-refractivity contribution in [2.45, 2.75) is 64.7 Å². The second-order valence-corrected chi connectivity index (χ2v) is 9.68. The van der Waals surface area contributed by atoms with E-state index in [0.29, 0.717) is 18.8 Å². The van der Waals surface area contributed by atoms with Crippen LogP contribution in [-0.4, -0.2) is 56.0 Å². The molecule has 1 saturated carbocycles. The molecule has 3 rings (SSSR count). The molecule has 180 valence electrons. The van der Waals surface area contributed by atoms with Gasteiger partial charge in [0, 0.05) is 7.11 Å². The molecule has 0 radical (unpaired) electrons. The zero-order valence-electron chi connectivity index (χ0n) is 19.5. The number of hydrogen-bond donors (Lipinski definition) is 2. The molecule has 1 unspecified atom stereocenters. The minimum Gasteiger partial charge on any atom is -0.456 e. The minimum atomic E-state index is -1.61. The maximum Gasteiger partial charge on any atom is 0.312 e. The van der Waals surface area contributed by atoms with E-state index in [1.54, 1.807) is 0 Å². The SMILES string of the molecule is C#CC(CO)(OC)[C@H](Cn1cnc2c(N)nc(F)nc21)OC(=O)[C@H]1CC[C@H](C(C)(C)C)CC1. The number of esters is 1. The molecule has 10 heteroatoms. The number of methoxy groups -OCH3 is 1. The maximum atomic E-state index is 13.8. The van der Waals surface area contributed by atoms with E-state index >= 15 is 0 Å². The van der Waals surface area contributed by atoms with Crippen LogP contribution in [0.15, 0.2) is 6.33 Å². The molecule has 0 spiro atoms. The van der Waals surface area contributed by atoms with Crippen LogP contribution in [0.2, 0.25) is 0 Å². The number of carbonyl (C=O) groups excluding carboxylic acids is 1. The molecule has 3 N–H and O–H groups in total. The fourth-order valence-electron chi connectivity index (χ4n) is 4.46. The van der Waals surface area contributed by atoms with Crippen LogP contribution in [0, 0.1) is 35.7 Å². The number of halogens is 1. The summed E-state index contributed by atoms with van der Waals surface area (Å²) < 4.78 is 26.5. The summed E-state index contributed by atoms with van der Waals surface area (Å²) >= 11 is 0. The van der Waals surface area contributed by atoms with Gasteiger partial charge in [-0.1, -0.05) is 26.7 Å². The van der Waals surface area contributed by atoms with Crippen molar-refractivity contribution in [3.8, 4) is 12.3 Å². The van der Waals surface area contributed by atoms with E-state index in [0.717, 1.165) is 12.8 Å². The highest BCUT2D eigenvalue weighted by atomic mass is 19.1. The summed E-state index contributed by atoms with van der Waals surface area (Å²) in [6, 6.07) is 0. The van der Waals surface area contributed by atoms with Crippen LogP contribution in [0.1, 0.15) is 46.5 Å². The van der Waals surface area contributed by atoms with Crippen LogP contribution in [0.25, 0.3) is 11.2 Å². The first-order chi connectivity index (χ1) is 15.5. The Hall–Kier alpha value is -2.77. The molecule has 1 aliphatic carbocycles. The Morgan fingerprint density at radius 2 is 2.03 bits per heavy atom. The highest BCUT2D eigenvalue weighted by Gasteiger charge is 2.42. The van der Waals surface area contributed by atoms with E-state index in [1.807, 2.05) is 0 Å². The Labute approximate surface area is 192 Å². The van der Waals surface area contributed by atoms with Crippen molar-refractivity contribution in [3.05, 3.63) is 12.4 Å². The zero-order valence-corrected chi connectivity index (χ0v) is 19.5. The summed E-state index contributed by atoms with van der Waals surface area (Å²) in [6.45, 7) is 5.97. The fraction of sp³-hybridized carbons (Fsp3) is 0.652. The lowest BCUT2D eigenvalue weighted by Gasteiger charge is -2.38. The fourth-order valence-corrected chi connectivity index (χ4v) is 4.46. The van der Waals surface area contributed by atoms with E-state index in [-0.39, 0.29) is 34.9 Å². The molecule has 33 heavy (non-hydrogen) atoms. The number of nitrogen functional groups attached to an aromatic ring is 1. The smallest absolute Gasteiger partial charge is 0.312 e. The van der Waals surface area contributed by atoms with Crippen LogP contribution >= 0.6 is 0 Å². The number of anilines is 1. The molecular formula is C23H32FN5O4. The van der Waals surface area contributed by atoms with Gasteiger partial charge in [-0.3, -0.25) is 4.79 Å². The molecule has 1 aliphatic rings. The topological polar surface area (TPSA) is 125 Å². The summed E-state index contributed by atoms with van der Waals surface area (Å²) in [5.41, 5.74) is 4.64. The third-order valence-corrected chi connectivity index (χ3v) is 6.73. The summed E-state index contributed by atoms with van der Waals surface area (Å²) in [4.78, 5) is 24.4. The van der Waals surface area contributed by atoms with E-state index in [1.165, 1.54) is 18.0 Å². The third-order valence-electron chi connectivity index (χ3n) is 6.73. The monoisotopic (exact) mass is 461 g/mol. The lowest BCUT2D eigenvalue weighted by atomic mass is 9.70. The molecule has 2 aromatic rings. The first-order valence-corrected chi connectivity index (χ1v) is 11.0. The maximum absolute atomic E-state index is 13.8. The van der Waals surface area contributed by atoms with Gasteiger partial charge in [0.1, 0.15) is 5.52 Å². The average molecular weight is 462 g/mol. The van der Waals surface area contributed by atoms with Crippen LogP contribution in [0.3, 0.4) is 0 Å². The van der Waals surface area contributed by atoms with Crippen molar-refractivity contribution < 1.29 is 23.8 Å². The van der Waals surface area contributed by atoms with Gasteiger partial charge in [0.05, 0.1) is 25.4 Å². The Morgan fingerprint density at radius 1 is 1.36 bits per heavy atom. The molecule has 0 aliphatic heterocycles. The quantitative estimate of drug-likeness (QED) is 0.366. The van der Waals surface area contributed by atoms with E-state index in [4.69, 9.17) is 21.6 Å². The summed E-state index contributed by atoms with van der Waals surface area (Å²) in [5.74, 6) is 2.17.